The average molecular weight is 155 g/mol. The Bertz CT molecular complexity index is 230. The number of rotatable bonds is 3. The van der Waals surface area contributed by atoms with Crippen molar-refractivity contribution in [2.45, 2.75) is 20.3 Å². The lowest BCUT2D eigenvalue weighted by Gasteiger charge is -1.94. The minimum Gasteiger partial charge on any atom is -0.466 e. The van der Waals surface area contributed by atoms with Crippen molar-refractivity contribution in [3.05, 3.63) is 23.2 Å². The molecule has 0 radical (unpaired) electrons. The summed E-state index contributed by atoms with van der Waals surface area (Å²) in [4.78, 5) is 4.47. The monoisotopic (exact) mass is 155 g/mol. The Morgan fingerprint density at radius 3 is 2.73 bits per heavy atom. The van der Waals surface area contributed by atoms with Gasteiger partial charge in [-0.2, -0.15) is 0 Å². The zero-order valence-electron chi connectivity index (χ0n) is 6.89. The van der Waals surface area contributed by atoms with E-state index in [1.807, 2.05) is 19.9 Å². The van der Waals surface area contributed by atoms with Gasteiger partial charge in [-0.1, -0.05) is 0 Å². The normalized spacial score (nSPS) is 10.5. The van der Waals surface area contributed by atoms with Crippen LogP contribution in [-0.4, -0.2) is 6.61 Å². The number of aryl methyl sites for hydroxylation is 2. The lowest BCUT2D eigenvalue weighted by molar-refractivity contribution is 0.141. The van der Waals surface area contributed by atoms with Crippen molar-refractivity contribution in [3.8, 4) is 0 Å². The molecule has 3 heteroatoms. The van der Waals surface area contributed by atoms with E-state index in [0.29, 0.717) is 6.61 Å². The van der Waals surface area contributed by atoms with Crippen molar-refractivity contribution in [1.82, 2.24) is 0 Å². The van der Waals surface area contributed by atoms with Crippen LogP contribution < -0.4 is 5.90 Å². The van der Waals surface area contributed by atoms with Crippen LogP contribution in [0, 0.1) is 13.8 Å². The maximum atomic E-state index is 5.32. The molecule has 0 aliphatic rings. The minimum atomic E-state index is 0.541. The van der Waals surface area contributed by atoms with Gasteiger partial charge < -0.3 is 9.25 Å². The lowest BCUT2D eigenvalue weighted by Crippen LogP contribution is -2.03. The number of nitrogens with two attached hydrogens (primary N) is 1. The molecule has 0 aliphatic carbocycles. The summed E-state index contributed by atoms with van der Waals surface area (Å²) in [5, 5.41) is 0. The third kappa shape index (κ3) is 2.06. The van der Waals surface area contributed by atoms with Crippen molar-refractivity contribution in [3.63, 3.8) is 0 Å². The Hall–Kier alpha value is -0.800. The molecule has 0 bridgehead atoms. The van der Waals surface area contributed by atoms with Gasteiger partial charge in [-0.25, -0.2) is 5.90 Å². The standard InChI is InChI=1S/C8H13NO2/c1-6-5-8(3-4-10-9)7(2)11-6/h5H,3-4,9H2,1-2H3. The molecule has 2 N–H and O–H groups in total. The van der Waals surface area contributed by atoms with Gasteiger partial charge in [0.1, 0.15) is 11.5 Å². The highest BCUT2D eigenvalue weighted by atomic mass is 16.6. The van der Waals surface area contributed by atoms with Crippen LogP contribution in [0.15, 0.2) is 10.5 Å². The predicted molar refractivity (Wildman–Crippen MR) is 42.0 cm³/mol. The van der Waals surface area contributed by atoms with E-state index >= 15 is 0 Å². The molecule has 11 heavy (non-hydrogen) atoms. The van der Waals surface area contributed by atoms with Crippen LogP contribution in [0.1, 0.15) is 17.1 Å². The second-order valence-electron chi connectivity index (χ2n) is 2.56. The van der Waals surface area contributed by atoms with E-state index in [1.165, 1.54) is 5.56 Å². The van der Waals surface area contributed by atoms with Crippen LogP contribution in [0.2, 0.25) is 0 Å². The van der Waals surface area contributed by atoms with Gasteiger partial charge in [-0.05, 0) is 25.5 Å². The summed E-state index contributed by atoms with van der Waals surface area (Å²) < 4.78 is 5.32. The highest BCUT2D eigenvalue weighted by molar-refractivity contribution is 5.20. The van der Waals surface area contributed by atoms with Crippen molar-refractivity contribution >= 4 is 0 Å². The summed E-state index contributed by atoms with van der Waals surface area (Å²) in [7, 11) is 0. The largest absolute Gasteiger partial charge is 0.466 e. The Morgan fingerprint density at radius 2 is 2.27 bits per heavy atom. The summed E-state index contributed by atoms with van der Waals surface area (Å²) in [6, 6.07) is 2.01. The van der Waals surface area contributed by atoms with Crippen molar-refractivity contribution in [2.24, 2.45) is 5.90 Å². The average Bonchev–Trinajstić information content (AvgIpc) is 2.26. The molecule has 62 valence electrons. The van der Waals surface area contributed by atoms with Crippen LogP contribution >= 0.6 is 0 Å². The molecule has 0 saturated carbocycles. The fourth-order valence-electron chi connectivity index (χ4n) is 1.10. The smallest absolute Gasteiger partial charge is 0.104 e. The predicted octanol–water partition coefficient (Wildman–Crippen LogP) is 1.33. The Morgan fingerprint density at radius 1 is 1.55 bits per heavy atom. The summed E-state index contributed by atoms with van der Waals surface area (Å²) in [6.45, 7) is 4.42. The van der Waals surface area contributed by atoms with Gasteiger partial charge in [-0.3, -0.25) is 0 Å². The second-order valence-corrected chi connectivity index (χ2v) is 2.56. The molecule has 0 spiro atoms. The molecule has 0 amide bonds. The molecule has 0 fully saturated rings. The second kappa shape index (κ2) is 3.55. The molecule has 0 aromatic carbocycles. The molecule has 1 aromatic rings. The van der Waals surface area contributed by atoms with Gasteiger partial charge in [-0.15, -0.1) is 0 Å². The highest BCUT2D eigenvalue weighted by Gasteiger charge is 2.02. The van der Waals surface area contributed by atoms with Gasteiger partial charge in [0.15, 0.2) is 0 Å². The van der Waals surface area contributed by atoms with Gasteiger partial charge in [0.2, 0.25) is 0 Å². The summed E-state index contributed by atoms with van der Waals surface area (Å²) in [5.41, 5.74) is 1.17. The third-order valence-electron chi connectivity index (χ3n) is 1.63. The maximum Gasteiger partial charge on any atom is 0.104 e. The van der Waals surface area contributed by atoms with E-state index in [0.717, 1.165) is 17.9 Å². The van der Waals surface area contributed by atoms with E-state index < -0.39 is 0 Å². The molecule has 1 rings (SSSR count). The minimum absolute atomic E-state index is 0.541. The molecule has 3 nitrogen and oxygen atoms in total. The molecular formula is C8H13NO2. The van der Waals surface area contributed by atoms with E-state index in [9.17, 15) is 0 Å². The van der Waals surface area contributed by atoms with Crippen LogP contribution in [0.25, 0.3) is 0 Å². The van der Waals surface area contributed by atoms with Crippen LogP contribution in [0.3, 0.4) is 0 Å². The van der Waals surface area contributed by atoms with Crippen LogP contribution in [0.4, 0.5) is 0 Å². The maximum absolute atomic E-state index is 5.32. The van der Waals surface area contributed by atoms with Gasteiger partial charge >= 0.3 is 0 Å². The van der Waals surface area contributed by atoms with Crippen molar-refractivity contribution < 1.29 is 9.25 Å². The number of hydrogen-bond donors (Lipinski definition) is 1. The number of hydrogen-bond acceptors (Lipinski definition) is 3. The molecule has 0 saturated heterocycles. The molecule has 0 unspecified atom stereocenters. The first kappa shape index (κ1) is 8.30. The Kier molecular flexibility index (Phi) is 2.68. The van der Waals surface area contributed by atoms with E-state index in [-0.39, 0.29) is 0 Å². The first-order valence-electron chi connectivity index (χ1n) is 3.61. The van der Waals surface area contributed by atoms with Gasteiger partial charge in [0.25, 0.3) is 0 Å². The molecular weight excluding hydrogens is 142 g/mol. The van der Waals surface area contributed by atoms with E-state index in [1.54, 1.807) is 0 Å². The third-order valence-corrected chi connectivity index (χ3v) is 1.63. The first-order valence-corrected chi connectivity index (χ1v) is 3.61. The molecule has 0 aliphatic heterocycles. The van der Waals surface area contributed by atoms with Crippen LogP contribution in [-0.2, 0) is 11.3 Å². The molecule has 0 atom stereocenters. The molecule has 1 aromatic heterocycles. The van der Waals surface area contributed by atoms with Crippen molar-refractivity contribution in [1.29, 1.82) is 0 Å². The van der Waals surface area contributed by atoms with Gasteiger partial charge in [0.05, 0.1) is 6.61 Å². The van der Waals surface area contributed by atoms with Crippen LogP contribution in [0.5, 0.6) is 0 Å². The fourth-order valence-corrected chi connectivity index (χ4v) is 1.10. The quantitative estimate of drug-likeness (QED) is 0.670. The Labute approximate surface area is 66.1 Å². The number of furan rings is 1. The zero-order valence-corrected chi connectivity index (χ0v) is 6.89. The topological polar surface area (TPSA) is 48.4 Å². The summed E-state index contributed by atoms with van der Waals surface area (Å²) in [6.07, 6.45) is 0.819. The molecule has 1 heterocycles. The van der Waals surface area contributed by atoms with Gasteiger partial charge in [0, 0.05) is 6.42 Å². The van der Waals surface area contributed by atoms with E-state index in [2.05, 4.69) is 4.84 Å². The fraction of sp³-hybridized carbons (Fsp3) is 0.500. The van der Waals surface area contributed by atoms with Crippen molar-refractivity contribution in [2.75, 3.05) is 6.61 Å². The van der Waals surface area contributed by atoms with E-state index in [4.69, 9.17) is 10.3 Å². The lowest BCUT2D eigenvalue weighted by atomic mass is 10.2. The highest BCUT2D eigenvalue weighted by Crippen LogP contribution is 2.13. The SMILES string of the molecule is Cc1cc(CCON)c(C)o1. The first-order chi connectivity index (χ1) is 5.24. The summed E-state index contributed by atoms with van der Waals surface area (Å²) in [5.74, 6) is 6.80. The zero-order chi connectivity index (χ0) is 8.27. The summed E-state index contributed by atoms with van der Waals surface area (Å²) >= 11 is 0. The Balaban J connectivity index is 2.62.